The molecule has 108 valence electrons. The molecule has 4 rings (SSSR count). The number of hydrogen-bond acceptors (Lipinski definition) is 2. The summed E-state index contributed by atoms with van der Waals surface area (Å²) in [5.74, 6) is 0.794. The summed E-state index contributed by atoms with van der Waals surface area (Å²) in [7, 11) is 0. The number of imidazole rings is 1. The minimum Gasteiger partial charge on any atom is -0.350 e. The van der Waals surface area contributed by atoms with Crippen LogP contribution in [0.5, 0.6) is 0 Å². The van der Waals surface area contributed by atoms with Crippen LogP contribution in [-0.4, -0.2) is 14.5 Å². The molecule has 0 aliphatic carbocycles. The molecule has 0 amide bonds. The highest BCUT2D eigenvalue weighted by Gasteiger charge is 2.13. The lowest BCUT2D eigenvalue weighted by Crippen LogP contribution is -2.01. The maximum absolute atomic E-state index is 4.70. The number of pyridine rings is 1. The predicted octanol–water partition coefficient (Wildman–Crippen LogP) is 4.78. The van der Waals surface area contributed by atoms with Crippen molar-refractivity contribution in [2.24, 2.45) is 0 Å². The van der Waals surface area contributed by atoms with E-state index in [2.05, 4.69) is 78.3 Å². The van der Waals surface area contributed by atoms with E-state index in [9.17, 15) is 0 Å². The van der Waals surface area contributed by atoms with Crippen LogP contribution in [0.1, 0.15) is 19.9 Å². The van der Waals surface area contributed by atoms with Gasteiger partial charge in [0, 0.05) is 24.0 Å². The highest BCUT2D eigenvalue weighted by molar-refractivity contribution is 5.86. The van der Waals surface area contributed by atoms with Gasteiger partial charge in [-0.15, -0.1) is 0 Å². The van der Waals surface area contributed by atoms with Gasteiger partial charge in [-0.25, -0.2) is 9.97 Å². The first kappa shape index (κ1) is 13.0. The molecule has 0 fully saturated rings. The van der Waals surface area contributed by atoms with Crippen molar-refractivity contribution in [3.05, 3.63) is 60.9 Å². The topological polar surface area (TPSA) is 30.7 Å². The Morgan fingerprint density at radius 2 is 1.64 bits per heavy atom. The number of benzene rings is 2. The molecule has 0 saturated carbocycles. The first-order valence-electron chi connectivity index (χ1n) is 7.55. The van der Waals surface area contributed by atoms with Crippen LogP contribution < -0.4 is 0 Å². The number of aromatic nitrogens is 3. The molecule has 2 aliphatic rings. The highest BCUT2D eigenvalue weighted by atomic mass is 15.0. The lowest BCUT2D eigenvalue weighted by molar-refractivity contribution is 0.596. The van der Waals surface area contributed by atoms with Crippen LogP contribution in [0, 0.1) is 0 Å². The van der Waals surface area contributed by atoms with Crippen LogP contribution in [0.2, 0.25) is 0 Å². The van der Waals surface area contributed by atoms with Gasteiger partial charge in [0.1, 0.15) is 5.69 Å². The van der Waals surface area contributed by atoms with Crippen molar-refractivity contribution >= 4 is 10.8 Å². The molecule has 0 unspecified atom stereocenters. The van der Waals surface area contributed by atoms with Crippen LogP contribution in [0.25, 0.3) is 33.5 Å². The van der Waals surface area contributed by atoms with Gasteiger partial charge in [0.25, 0.3) is 0 Å². The summed E-state index contributed by atoms with van der Waals surface area (Å²) in [6.45, 7) is 4.32. The monoisotopic (exact) mass is 287 g/mol. The molecular weight excluding hydrogens is 270 g/mol. The van der Waals surface area contributed by atoms with Gasteiger partial charge < -0.3 is 4.57 Å². The van der Waals surface area contributed by atoms with E-state index in [0.29, 0.717) is 6.04 Å². The summed E-state index contributed by atoms with van der Waals surface area (Å²) in [5, 5.41) is 2.45. The van der Waals surface area contributed by atoms with E-state index >= 15 is 0 Å². The third kappa shape index (κ3) is 2.15. The van der Waals surface area contributed by atoms with Crippen LogP contribution >= 0.6 is 0 Å². The molecule has 2 aliphatic heterocycles. The van der Waals surface area contributed by atoms with Gasteiger partial charge >= 0.3 is 0 Å². The average molecular weight is 287 g/mol. The number of hydrogen-bond donors (Lipinski definition) is 0. The molecule has 3 nitrogen and oxygen atoms in total. The Morgan fingerprint density at radius 1 is 0.864 bits per heavy atom. The SMILES string of the molecule is CC(C)n1ccc2nc(-c3ccc4ccccc4c3)nc-2c1. The minimum absolute atomic E-state index is 0.421. The number of fused-ring (bicyclic) bond motifs is 2. The summed E-state index contributed by atoms with van der Waals surface area (Å²) in [5.41, 5.74) is 2.95. The van der Waals surface area contributed by atoms with Gasteiger partial charge in [-0.3, -0.25) is 0 Å². The zero-order valence-corrected chi connectivity index (χ0v) is 12.7. The minimum atomic E-state index is 0.421. The Morgan fingerprint density at radius 3 is 2.45 bits per heavy atom. The fraction of sp³-hybridized carbons (Fsp3) is 0.158. The normalized spacial score (nSPS) is 11.6. The zero-order chi connectivity index (χ0) is 15.1. The Hall–Kier alpha value is -2.68. The quantitative estimate of drug-likeness (QED) is 0.531. The summed E-state index contributed by atoms with van der Waals surface area (Å²) in [6.07, 6.45) is 4.13. The van der Waals surface area contributed by atoms with Gasteiger partial charge in [-0.05, 0) is 36.8 Å². The lowest BCUT2D eigenvalue weighted by atomic mass is 10.1. The summed E-state index contributed by atoms with van der Waals surface area (Å²) < 4.78 is 2.15. The Bertz CT molecular complexity index is 921. The molecule has 0 aromatic heterocycles. The van der Waals surface area contributed by atoms with Crippen molar-refractivity contribution in [2.45, 2.75) is 19.9 Å². The fourth-order valence-electron chi connectivity index (χ4n) is 2.71. The molecular formula is C19H17N3. The Balaban J connectivity index is 1.84. The molecule has 0 saturated heterocycles. The standard InChI is InChI=1S/C19H17N3/c1-13(2)22-10-9-17-18(12-22)21-19(20-17)16-8-7-14-5-3-4-6-15(14)11-16/h3-13H,1-2H3. The molecule has 0 N–H and O–H groups in total. The summed E-state index contributed by atoms with van der Waals surface area (Å²) in [6, 6.07) is 17.2. The van der Waals surface area contributed by atoms with E-state index in [1.165, 1.54) is 10.8 Å². The van der Waals surface area contributed by atoms with Gasteiger partial charge in [0.15, 0.2) is 5.82 Å². The van der Waals surface area contributed by atoms with E-state index < -0.39 is 0 Å². The number of nitrogens with zero attached hydrogens (tertiary/aromatic N) is 3. The zero-order valence-electron chi connectivity index (χ0n) is 12.7. The first-order valence-corrected chi connectivity index (χ1v) is 7.55. The third-order valence-electron chi connectivity index (χ3n) is 3.99. The Labute approximate surface area is 129 Å². The maximum Gasteiger partial charge on any atom is 0.160 e. The second-order valence-corrected chi connectivity index (χ2v) is 5.87. The molecule has 3 heteroatoms. The fourth-order valence-corrected chi connectivity index (χ4v) is 2.71. The molecule has 0 atom stereocenters. The smallest absolute Gasteiger partial charge is 0.160 e. The van der Waals surface area contributed by atoms with E-state index in [-0.39, 0.29) is 0 Å². The van der Waals surface area contributed by atoms with Crippen molar-refractivity contribution in [3.63, 3.8) is 0 Å². The lowest BCUT2D eigenvalue weighted by Gasteiger charge is -2.10. The molecule has 2 aromatic carbocycles. The molecule has 2 heterocycles. The Kier molecular flexibility index (Phi) is 2.93. The molecule has 0 bridgehead atoms. The molecule has 0 spiro atoms. The first-order chi connectivity index (χ1) is 10.7. The van der Waals surface area contributed by atoms with Crippen LogP contribution in [0.15, 0.2) is 60.9 Å². The van der Waals surface area contributed by atoms with Gasteiger partial charge in [0.05, 0.1) is 5.69 Å². The second kappa shape index (κ2) is 4.95. The summed E-state index contributed by atoms with van der Waals surface area (Å²) in [4.78, 5) is 9.37. The maximum atomic E-state index is 4.70. The molecule has 22 heavy (non-hydrogen) atoms. The number of rotatable bonds is 2. The largest absolute Gasteiger partial charge is 0.350 e. The molecule has 2 aromatic rings. The highest BCUT2D eigenvalue weighted by Crippen LogP contribution is 2.27. The van der Waals surface area contributed by atoms with E-state index in [0.717, 1.165) is 22.8 Å². The predicted molar refractivity (Wildman–Crippen MR) is 90.0 cm³/mol. The summed E-state index contributed by atoms with van der Waals surface area (Å²) >= 11 is 0. The van der Waals surface area contributed by atoms with E-state index in [1.54, 1.807) is 0 Å². The van der Waals surface area contributed by atoms with Gasteiger partial charge in [0.2, 0.25) is 0 Å². The van der Waals surface area contributed by atoms with Gasteiger partial charge in [-0.2, -0.15) is 0 Å². The molecule has 0 radical (unpaired) electrons. The van der Waals surface area contributed by atoms with Crippen molar-refractivity contribution < 1.29 is 0 Å². The van der Waals surface area contributed by atoms with Gasteiger partial charge in [-0.1, -0.05) is 36.4 Å². The average Bonchev–Trinajstić information content (AvgIpc) is 2.97. The second-order valence-electron chi connectivity index (χ2n) is 5.87. The van der Waals surface area contributed by atoms with Crippen molar-refractivity contribution in [1.29, 1.82) is 0 Å². The van der Waals surface area contributed by atoms with Crippen molar-refractivity contribution in [1.82, 2.24) is 14.5 Å². The van der Waals surface area contributed by atoms with Crippen LogP contribution in [0.4, 0.5) is 0 Å². The van der Waals surface area contributed by atoms with Crippen LogP contribution in [-0.2, 0) is 0 Å². The van der Waals surface area contributed by atoms with Crippen LogP contribution in [0.3, 0.4) is 0 Å². The van der Waals surface area contributed by atoms with Crippen molar-refractivity contribution in [3.8, 4) is 22.8 Å². The van der Waals surface area contributed by atoms with E-state index in [4.69, 9.17) is 4.98 Å². The van der Waals surface area contributed by atoms with Crippen molar-refractivity contribution in [2.75, 3.05) is 0 Å². The van der Waals surface area contributed by atoms with E-state index in [1.807, 2.05) is 6.07 Å². The third-order valence-corrected chi connectivity index (χ3v) is 3.99.